The maximum Gasteiger partial charge on any atom is 0.251 e. The van der Waals surface area contributed by atoms with Crippen LogP contribution in [-0.4, -0.2) is 90.3 Å². The lowest BCUT2D eigenvalue weighted by atomic mass is 9.57. The average Bonchev–Trinajstić information content (AvgIpc) is 3.62. The number of nitrogens with zero attached hydrogens (tertiary/aromatic N) is 2. The van der Waals surface area contributed by atoms with Crippen molar-refractivity contribution in [1.29, 1.82) is 5.26 Å². The molecule has 328 valence electrons. The zero-order valence-electron chi connectivity index (χ0n) is 35.8. The highest BCUT2D eigenvalue weighted by Gasteiger charge is 2.56. The van der Waals surface area contributed by atoms with Gasteiger partial charge in [-0.05, 0) is 79.3 Å². The normalized spacial score (nSPS) is 21.6. The predicted molar refractivity (Wildman–Crippen MR) is 232 cm³/mol. The zero-order chi connectivity index (χ0) is 44.6. The van der Waals surface area contributed by atoms with Gasteiger partial charge in [0.1, 0.15) is 42.4 Å². The van der Waals surface area contributed by atoms with Gasteiger partial charge < -0.3 is 40.2 Å². The Morgan fingerprint density at radius 2 is 1.62 bits per heavy atom. The fraction of sp³-hybridized carbons (Fsp3) is 0.500. The molecule has 0 bridgehead atoms. The van der Waals surface area contributed by atoms with Crippen molar-refractivity contribution in [1.82, 2.24) is 20.9 Å². The van der Waals surface area contributed by atoms with Gasteiger partial charge in [0.15, 0.2) is 0 Å². The third-order valence-electron chi connectivity index (χ3n) is 11.5. The van der Waals surface area contributed by atoms with Crippen LogP contribution in [0.3, 0.4) is 0 Å². The van der Waals surface area contributed by atoms with Crippen LogP contribution in [0, 0.1) is 28.1 Å². The van der Waals surface area contributed by atoms with Crippen molar-refractivity contribution in [2.45, 2.75) is 104 Å². The first-order valence-electron chi connectivity index (χ1n) is 20.6. The molecule has 7 atom stereocenters. The Kier molecular flexibility index (Phi) is 15.7. The minimum absolute atomic E-state index is 0.0257. The minimum atomic E-state index is -0.967. The number of carbonyl (C=O) groups is 4. The third kappa shape index (κ3) is 11.9. The smallest absolute Gasteiger partial charge is 0.251 e. The number of benzene rings is 3. The molecule has 0 radical (unpaired) electrons. The van der Waals surface area contributed by atoms with E-state index in [1.54, 1.807) is 54.6 Å². The predicted octanol–water partition coefficient (Wildman–Crippen LogP) is 6.63. The van der Waals surface area contributed by atoms with Gasteiger partial charge in [0.2, 0.25) is 17.7 Å². The molecule has 2 aliphatic rings. The fourth-order valence-corrected chi connectivity index (χ4v) is 8.37. The van der Waals surface area contributed by atoms with E-state index in [2.05, 4.69) is 16.0 Å². The topological polar surface area (TPSA) is 179 Å². The summed E-state index contributed by atoms with van der Waals surface area (Å²) in [7, 11) is 0. The summed E-state index contributed by atoms with van der Waals surface area (Å²) in [4.78, 5) is 54.8. The van der Waals surface area contributed by atoms with Crippen LogP contribution in [-0.2, 0) is 19.1 Å². The van der Waals surface area contributed by atoms with E-state index >= 15 is 0 Å². The van der Waals surface area contributed by atoms with E-state index in [4.69, 9.17) is 42.7 Å². The Morgan fingerprint density at radius 1 is 0.967 bits per heavy atom. The Bertz CT molecular complexity index is 2070. The molecule has 0 spiro atoms. The average molecular weight is 879 g/mol. The van der Waals surface area contributed by atoms with Gasteiger partial charge >= 0.3 is 0 Å². The highest BCUT2D eigenvalue weighted by atomic mass is 35.5. The molecule has 1 heterocycles. The summed E-state index contributed by atoms with van der Waals surface area (Å²) in [6.45, 7) is 13.8. The van der Waals surface area contributed by atoms with E-state index < -0.39 is 41.3 Å². The van der Waals surface area contributed by atoms with Gasteiger partial charge in [0.05, 0.1) is 29.3 Å². The monoisotopic (exact) mass is 877 g/mol. The lowest BCUT2D eigenvalue weighted by molar-refractivity contribution is -0.144. The fourth-order valence-electron chi connectivity index (χ4n) is 8.03. The second-order valence-corrected chi connectivity index (χ2v) is 18.4. The zero-order valence-corrected chi connectivity index (χ0v) is 37.3. The Balaban J connectivity index is 1.01. The van der Waals surface area contributed by atoms with Gasteiger partial charge in [-0.3, -0.25) is 19.2 Å². The summed E-state index contributed by atoms with van der Waals surface area (Å²) >= 11 is 12.2. The van der Waals surface area contributed by atoms with Gasteiger partial charge in [0, 0.05) is 53.6 Å². The summed E-state index contributed by atoms with van der Waals surface area (Å²) in [6.07, 6.45) is 0.304. The Labute approximate surface area is 368 Å². The Hall–Kier alpha value is -4.87. The van der Waals surface area contributed by atoms with E-state index in [9.17, 15) is 24.3 Å². The number of hydrogen-bond acceptors (Lipinski definition) is 9. The summed E-state index contributed by atoms with van der Waals surface area (Å²) < 4.78 is 17.7. The number of ether oxygens (including phenoxy) is 3. The van der Waals surface area contributed by atoms with Crippen molar-refractivity contribution in [2.24, 2.45) is 16.7 Å². The number of nitrogens with one attached hydrogen (secondary N) is 3. The van der Waals surface area contributed by atoms with E-state index in [0.29, 0.717) is 58.7 Å². The van der Waals surface area contributed by atoms with Crippen LogP contribution in [0.4, 0.5) is 0 Å². The van der Waals surface area contributed by atoms with E-state index in [-0.39, 0.29) is 55.0 Å². The number of aliphatic hydroxyl groups excluding tert-OH is 1. The van der Waals surface area contributed by atoms with Gasteiger partial charge in [-0.15, -0.1) is 0 Å². The molecular formula is C46H57Cl2N5O8. The Morgan fingerprint density at radius 3 is 2.25 bits per heavy atom. The van der Waals surface area contributed by atoms with Gasteiger partial charge in [0.25, 0.3) is 5.91 Å². The van der Waals surface area contributed by atoms with Crippen LogP contribution in [0.1, 0.15) is 95.3 Å². The second kappa shape index (κ2) is 20.3. The molecule has 1 aliphatic carbocycles. The summed E-state index contributed by atoms with van der Waals surface area (Å²) in [6, 6.07) is 18.7. The number of amides is 4. The van der Waals surface area contributed by atoms with Gasteiger partial charge in [-0.2, -0.15) is 5.26 Å². The molecule has 2 fully saturated rings. The van der Waals surface area contributed by atoms with E-state index in [0.717, 1.165) is 5.56 Å². The van der Waals surface area contributed by atoms with Crippen LogP contribution < -0.4 is 25.4 Å². The summed E-state index contributed by atoms with van der Waals surface area (Å²) in [5.74, 6) is -0.294. The first kappa shape index (κ1) is 47.2. The second-order valence-electron chi connectivity index (χ2n) is 17.6. The molecule has 1 unspecified atom stereocenters. The van der Waals surface area contributed by atoms with Crippen molar-refractivity contribution in [2.75, 3.05) is 26.4 Å². The molecule has 1 saturated heterocycles. The maximum atomic E-state index is 13.9. The molecule has 5 rings (SSSR count). The number of likely N-dealkylation sites (tertiary alicyclic amines) is 1. The number of hydrogen-bond donors (Lipinski definition) is 4. The maximum absolute atomic E-state index is 13.9. The van der Waals surface area contributed by atoms with E-state index in [1.165, 1.54) is 4.90 Å². The standard InChI is InChI=1S/C46H57Cl2N5O8/c1-27-39(46(6,7)41(27)61-35-19-14-31(24-49)36(48)23-35)52-42(56)30-12-17-34(18-13-30)60-21-9-8-20-59-26-38(55)51-40(45(3,4)5)44(58)53-25-33(54)22-37(53)43(57)50-28(2)29-10-15-32(47)16-11-29/h10-19,23,27-28,33,37,39-41,54H,8-9,20-22,25-26H2,1-7H3,(H,50,57)(H,51,55)(H,52,56)/t27?,28-,33+,37-,39-,40+,41-/m0/s1. The van der Waals surface area contributed by atoms with Crippen molar-refractivity contribution < 1.29 is 38.5 Å². The van der Waals surface area contributed by atoms with Gasteiger partial charge in [-0.1, -0.05) is 76.9 Å². The molecule has 13 nitrogen and oxygen atoms in total. The number of halogens is 2. The van der Waals surface area contributed by atoms with E-state index in [1.807, 2.05) is 66.7 Å². The van der Waals surface area contributed by atoms with Crippen LogP contribution in [0.25, 0.3) is 0 Å². The number of carbonyl (C=O) groups excluding carboxylic acids is 4. The summed E-state index contributed by atoms with van der Waals surface area (Å²) in [5.41, 5.74) is 0.667. The lowest BCUT2D eigenvalue weighted by Crippen LogP contribution is -2.69. The van der Waals surface area contributed by atoms with Crippen molar-refractivity contribution >= 4 is 46.8 Å². The largest absolute Gasteiger partial charge is 0.494 e. The molecule has 4 amide bonds. The molecule has 1 aliphatic heterocycles. The molecule has 15 heteroatoms. The first-order valence-corrected chi connectivity index (χ1v) is 21.4. The molecule has 3 aromatic carbocycles. The van der Waals surface area contributed by atoms with Crippen LogP contribution >= 0.6 is 23.2 Å². The number of rotatable bonds is 17. The van der Waals surface area contributed by atoms with Crippen molar-refractivity contribution in [3.05, 3.63) is 93.5 Å². The molecule has 1 saturated carbocycles. The number of nitriles is 1. The van der Waals surface area contributed by atoms with Crippen molar-refractivity contribution in [3.63, 3.8) is 0 Å². The molecule has 61 heavy (non-hydrogen) atoms. The molecular weight excluding hydrogens is 821 g/mol. The summed E-state index contributed by atoms with van der Waals surface area (Å²) in [5, 5.41) is 29.5. The molecule has 4 N–H and O–H groups in total. The van der Waals surface area contributed by atoms with Crippen molar-refractivity contribution in [3.8, 4) is 17.6 Å². The van der Waals surface area contributed by atoms with Gasteiger partial charge in [-0.25, -0.2) is 0 Å². The number of β-amino-alcohol motifs (C(OH)–C–C–N with tert-alkyl or cyclic N) is 1. The minimum Gasteiger partial charge on any atom is -0.494 e. The third-order valence-corrected chi connectivity index (χ3v) is 12.0. The molecule has 0 aromatic heterocycles. The highest BCUT2D eigenvalue weighted by molar-refractivity contribution is 6.31. The number of aliphatic hydroxyl groups is 1. The first-order chi connectivity index (χ1) is 28.8. The van der Waals surface area contributed by atoms with Crippen LogP contribution in [0.5, 0.6) is 11.5 Å². The lowest BCUT2D eigenvalue weighted by Gasteiger charge is -2.56. The molecule has 3 aromatic rings. The highest BCUT2D eigenvalue weighted by Crippen LogP contribution is 2.47. The van der Waals surface area contributed by atoms with Crippen LogP contribution in [0.15, 0.2) is 66.7 Å². The van der Waals surface area contributed by atoms with Crippen LogP contribution in [0.2, 0.25) is 10.0 Å². The quantitative estimate of drug-likeness (QED) is 0.108. The SMILES string of the molecule is CC1[C@H](NC(=O)c2ccc(OCCCCOCC(=O)N[C@H](C(=O)N3C[C@H](O)C[C@H]3C(=O)N[C@@H](C)c3ccc(Cl)cc3)C(C)(C)C)cc2)C(C)(C)[C@H]1Oc1ccc(C#N)c(Cl)c1. The number of unbranched alkanes of at least 4 members (excludes halogenated alkanes) is 1.